The van der Waals surface area contributed by atoms with E-state index in [4.69, 9.17) is 5.26 Å². The van der Waals surface area contributed by atoms with Gasteiger partial charge in [0.2, 0.25) is 11.9 Å². The van der Waals surface area contributed by atoms with Crippen LogP contribution in [0.4, 0.5) is 21.8 Å². The van der Waals surface area contributed by atoms with Crippen molar-refractivity contribution in [1.82, 2.24) is 25.1 Å². The average Bonchev–Trinajstić information content (AvgIpc) is 3.56. The van der Waals surface area contributed by atoms with Gasteiger partial charge in [0.05, 0.1) is 48.1 Å². The number of fused-ring (bicyclic) bond motifs is 1. The van der Waals surface area contributed by atoms with Crippen LogP contribution in [0.2, 0.25) is 0 Å². The maximum atomic E-state index is 14.6. The van der Waals surface area contributed by atoms with Crippen LogP contribution in [0.1, 0.15) is 12.8 Å². The highest BCUT2D eigenvalue weighted by atomic mass is 19.1. The number of nitriles is 1. The van der Waals surface area contributed by atoms with E-state index in [1.165, 1.54) is 0 Å². The molecule has 2 aliphatic carbocycles. The molecule has 0 bridgehead atoms. The van der Waals surface area contributed by atoms with Gasteiger partial charge in [-0.05, 0) is 12.8 Å². The Balaban J connectivity index is 1.35. The van der Waals surface area contributed by atoms with Crippen molar-refractivity contribution in [3.63, 3.8) is 0 Å². The molecule has 1 aliphatic heterocycles. The summed E-state index contributed by atoms with van der Waals surface area (Å²) in [5, 5.41) is 29.1. The van der Waals surface area contributed by atoms with Crippen LogP contribution in [0.5, 0.6) is 0 Å². The Labute approximate surface area is 171 Å². The normalized spacial score (nSPS) is 31.1. The standard InChI is InChI=1S/C19H21FN8O2/c1-27-6-12(4-23-27)24-17-22-5-14(20)15(25-17)28-8-18(10-29)7-19(18,9-28)26-16(30)13-2-11(13)3-21/h4-6,11,13,29H,2,7-10H2,1H3,(H,26,30)(H,22,24,25)/t11-,13?,18+,19?/m0/s1. The second-order valence-corrected chi connectivity index (χ2v) is 8.51. The predicted octanol–water partition coefficient (Wildman–Crippen LogP) is 0.310. The smallest absolute Gasteiger partial charge is 0.229 e. The van der Waals surface area contributed by atoms with Crippen LogP contribution in [-0.4, -0.2) is 56.0 Å². The Morgan fingerprint density at radius 3 is 2.97 bits per heavy atom. The first-order chi connectivity index (χ1) is 14.4. The van der Waals surface area contributed by atoms with E-state index in [1.807, 2.05) is 0 Å². The first-order valence-electron chi connectivity index (χ1n) is 9.74. The summed E-state index contributed by atoms with van der Waals surface area (Å²) in [5.41, 5.74) is -0.490. The number of piperidine rings is 1. The van der Waals surface area contributed by atoms with Gasteiger partial charge < -0.3 is 20.6 Å². The summed E-state index contributed by atoms with van der Waals surface area (Å²) in [6, 6.07) is 2.11. The van der Waals surface area contributed by atoms with Gasteiger partial charge >= 0.3 is 0 Å². The van der Waals surface area contributed by atoms with Crippen molar-refractivity contribution >= 4 is 23.4 Å². The largest absolute Gasteiger partial charge is 0.396 e. The highest BCUT2D eigenvalue weighted by Gasteiger charge is 2.73. The van der Waals surface area contributed by atoms with E-state index in [0.717, 1.165) is 6.20 Å². The van der Waals surface area contributed by atoms with Crippen molar-refractivity contribution in [2.45, 2.75) is 18.4 Å². The van der Waals surface area contributed by atoms with Crippen LogP contribution in [0.25, 0.3) is 0 Å². The highest BCUT2D eigenvalue weighted by Crippen LogP contribution is 2.61. The fraction of sp³-hybridized carbons (Fsp3) is 0.526. The second kappa shape index (κ2) is 6.37. The van der Waals surface area contributed by atoms with E-state index in [-0.39, 0.29) is 36.1 Å². The zero-order valence-corrected chi connectivity index (χ0v) is 16.3. The van der Waals surface area contributed by atoms with E-state index in [0.29, 0.717) is 31.6 Å². The molecule has 10 nitrogen and oxygen atoms in total. The van der Waals surface area contributed by atoms with Gasteiger partial charge in [0.1, 0.15) is 0 Å². The number of aryl methyl sites for hydroxylation is 1. The molecule has 2 aromatic rings. The highest BCUT2D eigenvalue weighted by molar-refractivity contribution is 5.84. The van der Waals surface area contributed by atoms with E-state index in [1.54, 1.807) is 29.0 Å². The van der Waals surface area contributed by atoms with Crippen LogP contribution in [0.15, 0.2) is 18.6 Å². The number of rotatable bonds is 6. The van der Waals surface area contributed by atoms with Gasteiger partial charge in [0.25, 0.3) is 0 Å². The average molecular weight is 412 g/mol. The summed E-state index contributed by atoms with van der Waals surface area (Å²) in [4.78, 5) is 22.5. The molecule has 0 spiro atoms. The minimum absolute atomic E-state index is 0.117. The topological polar surface area (TPSA) is 132 Å². The third-order valence-corrected chi connectivity index (χ3v) is 6.43. The molecule has 1 amide bonds. The molecular weight excluding hydrogens is 391 g/mol. The number of hydrogen-bond acceptors (Lipinski definition) is 8. The minimum atomic E-state index is -0.629. The summed E-state index contributed by atoms with van der Waals surface area (Å²) in [7, 11) is 1.78. The molecule has 3 aliphatic rings. The maximum absolute atomic E-state index is 14.6. The minimum Gasteiger partial charge on any atom is -0.396 e. The van der Waals surface area contributed by atoms with Gasteiger partial charge in [0, 0.05) is 31.7 Å². The number of amides is 1. The Bertz CT molecular complexity index is 1070. The Kier molecular flexibility index (Phi) is 3.98. The Morgan fingerprint density at radius 1 is 1.47 bits per heavy atom. The molecule has 0 aromatic carbocycles. The van der Waals surface area contributed by atoms with Crippen molar-refractivity contribution in [3.8, 4) is 6.07 Å². The van der Waals surface area contributed by atoms with Crippen molar-refractivity contribution in [3.05, 3.63) is 24.4 Å². The third kappa shape index (κ3) is 2.87. The van der Waals surface area contributed by atoms with Crippen LogP contribution in [0.3, 0.4) is 0 Å². The van der Waals surface area contributed by atoms with E-state index in [9.17, 15) is 14.3 Å². The molecule has 30 heavy (non-hydrogen) atoms. The zero-order chi connectivity index (χ0) is 21.1. The fourth-order valence-corrected chi connectivity index (χ4v) is 4.55. The van der Waals surface area contributed by atoms with Gasteiger partial charge in [-0.2, -0.15) is 15.3 Å². The predicted molar refractivity (Wildman–Crippen MR) is 103 cm³/mol. The molecule has 11 heteroatoms. The quantitative estimate of drug-likeness (QED) is 0.618. The lowest BCUT2D eigenvalue weighted by Crippen LogP contribution is -2.45. The number of carbonyl (C=O) groups excluding carboxylic acids is 1. The number of nitrogens with zero attached hydrogens (tertiary/aromatic N) is 6. The molecule has 0 radical (unpaired) electrons. The van der Waals surface area contributed by atoms with E-state index >= 15 is 0 Å². The summed E-state index contributed by atoms with van der Waals surface area (Å²) >= 11 is 0. The van der Waals surface area contributed by atoms with Gasteiger partial charge in [-0.25, -0.2) is 9.37 Å². The van der Waals surface area contributed by atoms with Gasteiger partial charge in [-0.15, -0.1) is 0 Å². The lowest BCUT2D eigenvalue weighted by atomic mass is 10.0. The van der Waals surface area contributed by atoms with Crippen molar-refractivity contribution in [2.24, 2.45) is 24.3 Å². The van der Waals surface area contributed by atoms with E-state index in [2.05, 4.69) is 31.8 Å². The lowest BCUT2D eigenvalue weighted by Gasteiger charge is -2.23. The first-order valence-corrected chi connectivity index (χ1v) is 9.74. The summed E-state index contributed by atoms with van der Waals surface area (Å²) in [6.45, 7) is 0.587. The molecule has 2 saturated carbocycles. The maximum Gasteiger partial charge on any atom is 0.229 e. The number of aliphatic hydroxyl groups is 1. The van der Waals surface area contributed by atoms with Gasteiger partial charge in [0.15, 0.2) is 11.6 Å². The van der Waals surface area contributed by atoms with Crippen molar-refractivity contribution < 1.29 is 14.3 Å². The second-order valence-electron chi connectivity index (χ2n) is 8.51. The molecule has 2 unspecified atom stereocenters. The molecule has 3 heterocycles. The number of nitrogens with one attached hydrogen (secondary N) is 2. The summed E-state index contributed by atoms with van der Waals surface area (Å²) in [5.74, 6) is -0.921. The van der Waals surface area contributed by atoms with Crippen LogP contribution in [0, 0.1) is 34.4 Å². The Morgan fingerprint density at radius 2 is 2.30 bits per heavy atom. The van der Waals surface area contributed by atoms with Crippen LogP contribution < -0.4 is 15.5 Å². The molecule has 4 atom stereocenters. The number of anilines is 3. The SMILES string of the molecule is Cn1cc(Nc2ncc(F)c(N3CC4(NC(=O)C5C[C@H]5C#N)C[C@]4(CO)C3)n2)cn1. The van der Waals surface area contributed by atoms with Crippen molar-refractivity contribution in [2.75, 3.05) is 29.9 Å². The van der Waals surface area contributed by atoms with E-state index < -0.39 is 16.8 Å². The van der Waals surface area contributed by atoms with Crippen molar-refractivity contribution in [1.29, 1.82) is 5.26 Å². The van der Waals surface area contributed by atoms with Crippen LogP contribution >= 0.6 is 0 Å². The first kappa shape index (κ1) is 18.7. The molecular formula is C19H21FN8O2. The van der Waals surface area contributed by atoms with Crippen LogP contribution in [-0.2, 0) is 11.8 Å². The number of halogens is 1. The summed E-state index contributed by atoms with van der Waals surface area (Å²) < 4.78 is 16.2. The number of hydrogen-bond donors (Lipinski definition) is 3. The molecule has 3 N–H and O–H groups in total. The molecule has 1 saturated heterocycles. The molecule has 156 valence electrons. The van der Waals surface area contributed by atoms with Gasteiger partial charge in [-0.1, -0.05) is 0 Å². The molecule has 5 rings (SSSR count). The Hall–Kier alpha value is -3.26. The molecule has 3 fully saturated rings. The lowest BCUT2D eigenvalue weighted by molar-refractivity contribution is -0.123. The van der Waals surface area contributed by atoms with Gasteiger partial charge in [-0.3, -0.25) is 9.48 Å². The molecule has 2 aromatic heterocycles. The fourth-order valence-electron chi connectivity index (χ4n) is 4.55. The summed E-state index contributed by atoms with van der Waals surface area (Å²) in [6.07, 6.45) is 5.64. The number of aromatic nitrogens is 4. The zero-order valence-electron chi connectivity index (χ0n) is 16.3. The monoisotopic (exact) mass is 412 g/mol. The number of carbonyl (C=O) groups is 1. The third-order valence-electron chi connectivity index (χ3n) is 6.43. The number of aliphatic hydroxyl groups excluding tert-OH is 1.